The molecular weight excluding hydrogens is 516 g/mol. The molecule has 0 aliphatic heterocycles. The number of amides is 2. The molecular formula is C30H33ClN4O4. The van der Waals surface area contributed by atoms with Gasteiger partial charge in [-0.25, -0.2) is 4.98 Å². The van der Waals surface area contributed by atoms with Gasteiger partial charge in [-0.2, -0.15) is 0 Å². The highest BCUT2D eigenvalue weighted by molar-refractivity contribution is 6.32. The third-order valence-electron chi connectivity index (χ3n) is 6.33. The fraction of sp³-hybridized carbons (Fsp3) is 0.300. The highest BCUT2D eigenvalue weighted by atomic mass is 35.5. The van der Waals surface area contributed by atoms with E-state index < -0.39 is 12.0 Å². The average Bonchev–Trinajstić information content (AvgIpc) is 3.33. The van der Waals surface area contributed by atoms with Crippen LogP contribution in [0.4, 0.5) is 0 Å². The molecule has 2 amide bonds. The smallest absolute Gasteiger partial charge is 0.251 e. The lowest BCUT2D eigenvalue weighted by molar-refractivity contribution is -0.118. The van der Waals surface area contributed by atoms with Gasteiger partial charge >= 0.3 is 0 Å². The Morgan fingerprint density at radius 1 is 1.13 bits per heavy atom. The molecule has 204 valence electrons. The molecule has 2 atom stereocenters. The van der Waals surface area contributed by atoms with Crippen LogP contribution in [0.15, 0.2) is 67.0 Å². The number of imidazole rings is 1. The van der Waals surface area contributed by atoms with Gasteiger partial charge in [0.25, 0.3) is 5.91 Å². The topological polar surface area (TPSA) is 119 Å². The minimum absolute atomic E-state index is 0.0406. The monoisotopic (exact) mass is 548 g/mol. The molecule has 2 heterocycles. The van der Waals surface area contributed by atoms with Crippen molar-refractivity contribution in [2.45, 2.75) is 58.3 Å². The van der Waals surface area contributed by atoms with Gasteiger partial charge in [-0.05, 0) is 63.4 Å². The molecule has 0 saturated carbocycles. The van der Waals surface area contributed by atoms with Crippen LogP contribution in [0.2, 0.25) is 5.02 Å². The summed E-state index contributed by atoms with van der Waals surface area (Å²) < 4.78 is 7.54. The molecule has 0 aliphatic carbocycles. The van der Waals surface area contributed by atoms with Gasteiger partial charge in [0.05, 0.1) is 22.9 Å². The zero-order chi connectivity index (χ0) is 28.1. The molecule has 0 bridgehead atoms. The number of hydrogen-bond acceptors (Lipinski definition) is 5. The van der Waals surface area contributed by atoms with Crippen LogP contribution in [-0.2, 0) is 11.2 Å². The summed E-state index contributed by atoms with van der Waals surface area (Å²) in [7, 11) is 0. The molecule has 0 spiro atoms. The molecule has 4 aromatic rings. The lowest BCUT2D eigenvalue weighted by Crippen LogP contribution is -2.37. The second-order valence-electron chi connectivity index (χ2n) is 9.88. The lowest BCUT2D eigenvalue weighted by atomic mass is 9.99. The first-order valence-electron chi connectivity index (χ1n) is 12.9. The van der Waals surface area contributed by atoms with E-state index in [-0.39, 0.29) is 24.5 Å². The Hall–Kier alpha value is -3.88. The molecule has 0 fully saturated rings. The van der Waals surface area contributed by atoms with E-state index in [0.29, 0.717) is 34.8 Å². The van der Waals surface area contributed by atoms with Crippen molar-refractivity contribution in [2.24, 2.45) is 5.73 Å². The number of nitrogens with two attached hydrogens (primary N) is 1. The number of halogens is 1. The Morgan fingerprint density at radius 3 is 2.51 bits per heavy atom. The average molecular weight is 549 g/mol. The van der Waals surface area contributed by atoms with E-state index in [4.69, 9.17) is 27.1 Å². The number of pyridine rings is 1. The maximum absolute atomic E-state index is 13.0. The van der Waals surface area contributed by atoms with Crippen LogP contribution in [0.5, 0.6) is 5.75 Å². The maximum atomic E-state index is 13.0. The molecule has 2 aromatic heterocycles. The van der Waals surface area contributed by atoms with E-state index in [2.05, 4.69) is 5.32 Å². The Labute approximate surface area is 232 Å². The quantitative estimate of drug-likeness (QED) is 0.241. The normalized spacial score (nSPS) is 12.9. The van der Waals surface area contributed by atoms with Gasteiger partial charge in [0.2, 0.25) is 5.91 Å². The van der Waals surface area contributed by atoms with E-state index in [9.17, 15) is 14.7 Å². The predicted molar refractivity (Wildman–Crippen MR) is 152 cm³/mol. The molecule has 2 aromatic carbocycles. The van der Waals surface area contributed by atoms with Crippen LogP contribution in [0, 0.1) is 0 Å². The fourth-order valence-electron chi connectivity index (χ4n) is 4.40. The van der Waals surface area contributed by atoms with Crippen molar-refractivity contribution in [3.8, 4) is 17.0 Å². The number of carbonyl (C=O) groups excluding carboxylic acids is 2. The van der Waals surface area contributed by atoms with E-state index in [0.717, 1.165) is 22.4 Å². The van der Waals surface area contributed by atoms with Gasteiger partial charge < -0.3 is 25.3 Å². The minimum Gasteiger partial charge on any atom is -0.489 e. The molecule has 4 rings (SSSR count). The number of primary amides is 1. The van der Waals surface area contributed by atoms with Crippen LogP contribution in [-0.4, -0.2) is 38.5 Å². The third kappa shape index (κ3) is 7.16. The summed E-state index contributed by atoms with van der Waals surface area (Å²) in [6.07, 6.45) is 4.23. The maximum Gasteiger partial charge on any atom is 0.251 e. The molecule has 0 radical (unpaired) electrons. The zero-order valence-corrected chi connectivity index (χ0v) is 23.0. The summed E-state index contributed by atoms with van der Waals surface area (Å²) in [5.41, 5.74) is 9.97. The first-order valence-corrected chi connectivity index (χ1v) is 13.3. The van der Waals surface area contributed by atoms with Gasteiger partial charge in [0.1, 0.15) is 11.4 Å². The molecule has 0 saturated heterocycles. The number of hydrogen-bond donors (Lipinski definition) is 3. The summed E-state index contributed by atoms with van der Waals surface area (Å²) in [6.45, 7) is 5.52. The molecule has 0 aliphatic rings. The van der Waals surface area contributed by atoms with Gasteiger partial charge in [-0.1, -0.05) is 41.9 Å². The zero-order valence-electron chi connectivity index (χ0n) is 22.2. The standard InChI is InChI=1S/C30H33ClN4O4/c1-18(2)39-27-12-10-22(16-25(27)31)30(38)33-23(11-13-28(32)37)15-20-6-8-21(9-7-20)26-17-35-14-4-5-24(19(3)36)29(35)34-26/h4-10,12,14,16-19,23,36H,11,13,15H2,1-3H3,(H2,32,37)(H,33,38)/t19?,23-/m1/s1. The van der Waals surface area contributed by atoms with Crippen LogP contribution in [0.25, 0.3) is 16.9 Å². The second kappa shape index (κ2) is 12.3. The number of ether oxygens (including phenoxy) is 1. The minimum atomic E-state index is -0.624. The molecule has 1 unspecified atom stereocenters. The van der Waals surface area contributed by atoms with Crippen molar-refractivity contribution in [1.29, 1.82) is 0 Å². The third-order valence-corrected chi connectivity index (χ3v) is 6.62. The largest absolute Gasteiger partial charge is 0.489 e. The highest BCUT2D eigenvalue weighted by Crippen LogP contribution is 2.27. The summed E-state index contributed by atoms with van der Waals surface area (Å²) >= 11 is 6.32. The molecule has 9 heteroatoms. The van der Waals surface area contributed by atoms with Crippen LogP contribution >= 0.6 is 11.6 Å². The Morgan fingerprint density at radius 2 is 1.87 bits per heavy atom. The van der Waals surface area contributed by atoms with Crippen molar-refractivity contribution in [3.05, 3.63) is 88.7 Å². The first kappa shape index (κ1) is 28.1. The van der Waals surface area contributed by atoms with Gasteiger partial charge in [-0.15, -0.1) is 0 Å². The van der Waals surface area contributed by atoms with E-state index in [1.54, 1.807) is 25.1 Å². The summed E-state index contributed by atoms with van der Waals surface area (Å²) in [5, 5.41) is 13.4. The SMILES string of the molecule is CC(C)Oc1ccc(C(=O)N[C@H](CCC(N)=O)Cc2ccc(-c3cn4cccc(C(C)O)c4n3)cc2)cc1Cl. The van der Waals surface area contributed by atoms with Gasteiger partial charge in [0.15, 0.2) is 0 Å². The van der Waals surface area contributed by atoms with Crippen LogP contribution in [0.1, 0.15) is 61.2 Å². The van der Waals surface area contributed by atoms with Crippen molar-refractivity contribution in [1.82, 2.24) is 14.7 Å². The van der Waals surface area contributed by atoms with Crippen molar-refractivity contribution in [2.75, 3.05) is 0 Å². The molecule has 8 nitrogen and oxygen atoms in total. The number of benzene rings is 2. The Bertz CT molecular complexity index is 1460. The second-order valence-corrected chi connectivity index (χ2v) is 10.3. The van der Waals surface area contributed by atoms with Crippen molar-refractivity contribution < 1.29 is 19.4 Å². The van der Waals surface area contributed by atoms with E-state index >= 15 is 0 Å². The van der Waals surface area contributed by atoms with E-state index in [1.165, 1.54) is 0 Å². The number of nitrogens with zero attached hydrogens (tertiary/aromatic N) is 2. The van der Waals surface area contributed by atoms with Crippen molar-refractivity contribution >= 4 is 29.1 Å². The highest BCUT2D eigenvalue weighted by Gasteiger charge is 2.18. The number of rotatable bonds is 11. The van der Waals surface area contributed by atoms with Crippen LogP contribution in [0.3, 0.4) is 0 Å². The fourth-order valence-corrected chi connectivity index (χ4v) is 4.62. The number of aromatic nitrogens is 2. The molecule has 39 heavy (non-hydrogen) atoms. The summed E-state index contributed by atoms with van der Waals surface area (Å²) in [5.74, 6) is -0.203. The lowest BCUT2D eigenvalue weighted by Gasteiger charge is -2.19. The summed E-state index contributed by atoms with van der Waals surface area (Å²) in [6, 6.07) is 16.2. The number of carbonyl (C=O) groups is 2. The number of nitrogens with one attached hydrogen (secondary N) is 1. The summed E-state index contributed by atoms with van der Waals surface area (Å²) in [4.78, 5) is 29.2. The van der Waals surface area contributed by atoms with Crippen LogP contribution < -0.4 is 15.8 Å². The number of aliphatic hydroxyl groups excluding tert-OH is 1. The van der Waals surface area contributed by atoms with Crippen molar-refractivity contribution in [3.63, 3.8) is 0 Å². The number of aliphatic hydroxyl groups is 1. The van der Waals surface area contributed by atoms with Gasteiger partial charge in [0, 0.05) is 41.5 Å². The van der Waals surface area contributed by atoms with E-state index in [1.807, 2.05) is 67.0 Å². The Kier molecular flexibility index (Phi) is 8.89. The van der Waals surface area contributed by atoms with Gasteiger partial charge in [-0.3, -0.25) is 9.59 Å². The molecule has 4 N–H and O–H groups in total. The number of fused-ring (bicyclic) bond motifs is 1. The Balaban J connectivity index is 1.49. The first-order chi connectivity index (χ1) is 18.6. The predicted octanol–water partition coefficient (Wildman–Crippen LogP) is 5.10.